The summed E-state index contributed by atoms with van der Waals surface area (Å²) < 4.78 is 5.69. The normalized spacial score (nSPS) is 10.7. The van der Waals surface area contributed by atoms with E-state index in [2.05, 4.69) is 20.6 Å². The molecule has 0 radical (unpaired) electrons. The minimum absolute atomic E-state index is 0.262. The van der Waals surface area contributed by atoms with Crippen LogP contribution in [0.1, 0.15) is 22.3 Å². The summed E-state index contributed by atoms with van der Waals surface area (Å²) >= 11 is 6.10. The molecule has 0 fully saturated rings. The van der Waals surface area contributed by atoms with E-state index < -0.39 is 0 Å². The summed E-state index contributed by atoms with van der Waals surface area (Å²) in [5, 5.41) is 8.39. The van der Waals surface area contributed by atoms with E-state index in [1.54, 1.807) is 12.3 Å². The van der Waals surface area contributed by atoms with E-state index in [1.807, 2.05) is 54.6 Å². The third-order valence-electron chi connectivity index (χ3n) is 5.04. The number of amides is 1. The van der Waals surface area contributed by atoms with Crippen LogP contribution in [-0.4, -0.2) is 29.0 Å². The van der Waals surface area contributed by atoms with Gasteiger partial charge in [0.1, 0.15) is 17.4 Å². The molecule has 33 heavy (non-hydrogen) atoms. The summed E-state index contributed by atoms with van der Waals surface area (Å²) in [6, 6.07) is 18.9. The fraction of sp³-hybridized carbons (Fsp3) is 0.160. The summed E-state index contributed by atoms with van der Waals surface area (Å²) in [4.78, 5) is 21.3. The number of halogens is 1. The molecule has 0 unspecified atom stereocenters. The molecule has 0 saturated carbocycles. The zero-order valence-electron chi connectivity index (χ0n) is 17.9. The molecule has 4 rings (SSSR count). The molecule has 1 amide bonds. The van der Waals surface area contributed by atoms with E-state index in [4.69, 9.17) is 22.1 Å². The van der Waals surface area contributed by atoms with Gasteiger partial charge in [-0.3, -0.25) is 4.79 Å². The van der Waals surface area contributed by atoms with Gasteiger partial charge in [-0.05, 0) is 47.7 Å². The number of pyridine rings is 2. The van der Waals surface area contributed by atoms with Crippen molar-refractivity contribution in [2.75, 3.05) is 24.2 Å². The predicted octanol–water partition coefficient (Wildman–Crippen LogP) is 4.68. The molecule has 0 aliphatic heterocycles. The van der Waals surface area contributed by atoms with Gasteiger partial charge in [0.15, 0.2) is 0 Å². The molecule has 0 aliphatic carbocycles. The van der Waals surface area contributed by atoms with Gasteiger partial charge in [0.25, 0.3) is 5.91 Å². The molecule has 4 aromatic rings. The summed E-state index contributed by atoms with van der Waals surface area (Å²) in [6.07, 6.45) is 3.93. The Bertz CT molecular complexity index is 1250. The van der Waals surface area contributed by atoms with Crippen LogP contribution in [-0.2, 0) is 6.54 Å². The number of rotatable bonds is 9. The second-order valence-electron chi connectivity index (χ2n) is 7.43. The van der Waals surface area contributed by atoms with Gasteiger partial charge < -0.3 is 21.1 Å². The van der Waals surface area contributed by atoms with Crippen molar-refractivity contribution in [3.63, 3.8) is 0 Å². The van der Waals surface area contributed by atoms with Crippen molar-refractivity contribution in [3.8, 4) is 5.75 Å². The van der Waals surface area contributed by atoms with Gasteiger partial charge in [-0.2, -0.15) is 0 Å². The molecule has 0 spiro atoms. The molecule has 0 saturated heterocycles. The van der Waals surface area contributed by atoms with E-state index in [9.17, 15) is 4.79 Å². The third kappa shape index (κ3) is 5.90. The SMILES string of the molecule is Nc1nccc2cc(CNC(=O)c3cc(Cl)cnc3NCCCOc3ccccc3)ccc12. The zero-order chi connectivity index (χ0) is 23.0. The van der Waals surface area contributed by atoms with Gasteiger partial charge in [0.2, 0.25) is 0 Å². The second kappa shape index (κ2) is 10.7. The number of benzene rings is 2. The van der Waals surface area contributed by atoms with Crippen LogP contribution in [0.2, 0.25) is 5.02 Å². The molecule has 0 aliphatic rings. The van der Waals surface area contributed by atoms with E-state index in [0.29, 0.717) is 41.9 Å². The first kappa shape index (κ1) is 22.4. The van der Waals surface area contributed by atoms with Crippen molar-refractivity contribution in [1.29, 1.82) is 0 Å². The zero-order valence-corrected chi connectivity index (χ0v) is 18.7. The number of nitrogens with zero attached hydrogens (tertiary/aromatic N) is 2. The maximum atomic E-state index is 12.9. The van der Waals surface area contributed by atoms with Gasteiger partial charge in [-0.1, -0.05) is 41.9 Å². The number of ether oxygens (including phenoxy) is 1. The highest BCUT2D eigenvalue weighted by Gasteiger charge is 2.14. The van der Waals surface area contributed by atoms with Crippen LogP contribution in [0.4, 0.5) is 11.6 Å². The van der Waals surface area contributed by atoms with Gasteiger partial charge in [-0.15, -0.1) is 0 Å². The fourth-order valence-corrected chi connectivity index (χ4v) is 3.54. The molecule has 8 heteroatoms. The Morgan fingerprint density at radius 1 is 1.06 bits per heavy atom. The molecule has 7 nitrogen and oxygen atoms in total. The summed E-state index contributed by atoms with van der Waals surface area (Å²) in [7, 11) is 0. The van der Waals surface area contributed by atoms with Crippen LogP contribution in [0.3, 0.4) is 0 Å². The lowest BCUT2D eigenvalue weighted by Crippen LogP contribution is -2.24. The van der Waals surface area contributed by atoms with Crippen LogP contribution in [0.5, 0.6) is 5.75 Å². The molecule has 168 valence electrons. The van der Waals surface area contributed by atoms with Crippen molar-refractivity contribution >= 4 is 39.9 Å². The summed E-state index contributed by atoms with van der Waals surface area (Å²) in [5.41, 5.74) is 7.25. The number of hydrogen-bond donors (Lipinski definition) is 3. The largest absolute Gasteiger partial charge is 0.494 e. The number of nitrogens with two attached hydrogens (primary N) is 1. The van der Waals surface area contributed by atoms with E-state index in [-0.39, 0.29) is 5.91 Å². The number of fused-ring (bicyclic) bond motifs is 1. The van der Waals surface area contributed by atoms with Crippen molar-refractivity contribution in [2.24, 2.45) is 0 Å². The van der Waals surface area contributed by atoms with E-state index in [1.165, 1.54) is 6.20 Å². The molecule has 4 N–H and O–H groups in total. The summed E-state index contributed by atoms with van der Waals surface area (Å²) in [5.74, 6) is 1.53. The number of para-hydroxylation sites is 1. The molecule has 0 atom stereocenters. The van der Waals surface area contributed by atoms with Crippen LogP contribution in [0.25, 0.3) is 10.8 Å². The molecular weight excluding hydrogens is 438 g/mol. The number of nitrogens with one attached hydrogen (secondary N) is 2. The van der Waals surface area contributed by atoms with Crippen molar-refractivity contribution < 1.29 is 9.53 Å². The lowest BCUT2D eigenvalue weighted by atomic mass is 10.1. The minimum atomic E-state index is -0.262. The molecule has 2 aromatic carbocycles. The van der Waals surface area contributed by atoms with Crippen molar-refractivity contribution in [3.05, 3.63) is 89.2 Å². The minimum Gasteiger partial charge on any atom is -0.494 e. The Labute approximate surface area is 197 Å². The van der Waals surface area contributed by atoms with Gasteiger partial charge in [0.05, 0.1) is 17.2 Å². The molecule has 2 heterocycles. The van der Waals surface area contributed by atoms with Crippen LogP contribution >= 0.6 is 11.6 Å². The Hall–Kier alpha value is -3.84. The molecule has 2 aromatic heterocycles. The Morgan fingerprint density at radius 3 is 2.76 bits per heavy atom. The number of aromatic nitrogens is 2. The lowest BCUT2D eigenvalue weighted by Gasteiger charge is -2.13. The van der Waals surface area contributed by atoms with Crippen molar-refractivity contribution in [2.45, 2.75) is 13.0 Å². The van der Waals surface area contributed by atoms with E-state index >= 15 is 0 Å². The quantitative estimate of drug-likeness (QED) is 0.313. The first-order valence-electron chi connectivity index (χ1n) is 10.6. The lowest BCUT2D eigenvalue weighted by molar-refractivity contribution is 0.0951. The maximum absolute atomic E-state index is 12.9. The van der Waals surface area contributed by atoms with Crippen LogP contribution < -0.4 is 21.1 Å². The number of carbonyl (C=O) groups is 1. The van der Waals surface area contributed by atoms with Crippen LogP contribution in [0, 0.1) is 0 Å². The molecule has 0 bridgehead atoms. The van der Waals surface area contributed by atoms with Gasteiger partial charge in [0, 0.05) is 30.9 Å². The van der Waals surface area contributed by atoms with Crippen LogP contribution in [0.15, 0.2) is 73.1 Å². The number of nitrogen functional groups attached to an aromatic ring is 1. The molecular formula is C25H24ClN5O2. The monoisotopic (exact) mass is 461 g/mol. The average molecular weight is 462 g/mol. The second-order valence-corrected chi connectivity index (χ2v) is 7.86. The smallest absolute Gasteiger partial charge is 0.255 e. The standard InChI is InChI=1S/C25H24ClN5O2/c26-19-14-22(24(30-16-19)29-10-4-12-33-20-5-2-1-3-6-20)25(32)31-15-17-7-8-21-18(13-17)9-11-28-23(21)27/h1-3,5-9,11,13-14,16H,4,10,12,15H2,(H2,27,28)(H,29,30)(H,31,32). The van der Waals surface area contributed by atoms with Gasteiger partial charge >= 0.3 is 0 Å². The third-order valence-corrected chi connectivity index (χ3v) is 5.24. The Balaban J connectivity index is 1.34. The first-order valence-corrected chi connectivity index (χ1v) is 11.0. The first-order chi connectivity index (χ1) is 16.1. The highest BCUT2D eigenvalue weighted by Crippen LogP contribution is 2.21. The number of anilines is 2. The highest BCUT2D eigenvalue weighted by molar-refractivity contribution is 6.31. The van der Waals surface area contributed by atoms with Gasteiger partial charge in [-0.25, -0.2) is 9.97 Å². The average Bonchev–Trinajstić information content (AvgIpc) is 2.84. The summed E-state index contributed by atoms with van der Waals surface area (Å²) in [6.45, 7) is 1.50. The Kier molecular flexibility index (Phi) is 7.22. The topological polar surface area (TPSA) is 102 Å². The fourth-order valence-electron chi connectivity index (χ4n) is 3.38. The number of hydrogen-bond acceptors (Lipinski definition) is 6. The maximum Gasteiger partial charge on any atom is 0.255 e. The van der Waals surface area contributed by atoms with E-state index in [0.717, 1.165) is 28.5 Å². The van der Waals surface area contributed by atoms with Crippen molar-refractivity contribution in [1.82, 2.24) is 15.3 Å². The Morgan fingerprint density at radius 2 is 1.91 bits per heavy atom. The predicted molar refractivity (Wildman–Crippen MR) is 132 cm³/mol. The highest BCUT2D eigenvalue weighted by atomic mass is 35.5. The number of carbonyl (C=O) groups excluding carboxylic acids is 1.